The van der Waals surface area contributed by atoms with E-state index in [1.54, 1.807) is 31.3 Å². The van der Waals surface area contributed by atoms with E-state index in [1.165, 1.54) is 0 Å². The Hall–Kier alpha value is -1.33. The maximum Gasteiger partial charge on any atom is 0.152 e. The Kier molecular flexibility index (Phi) is 4.50. The van der Waals surface area contributed by atoms with E-state index in [4.69, 9.17) is 11.6 Å². The average Bonchev–Trinajstić information content (AvgIpc) is 2.76. The molecule has 0 bridgehead atoms. The van der Waals surface area contributed by atoms with Crippen LogP contribution in [-0.4, -0.2) is 30.8 Å². The van der Waals surface area contributed by atoms with Gasteiger partial charge >= 0.3 is 0 Å². The third kappa shape index (κ3) is 3.22. The second-order valence-electron chi connectivity index (χ2n) is 4.65. The van der Waals surface area contributed by atoms with Gasteiger partial charge in [0.1, 0.15) is 9.84 Å². The number of carbonyl (C=O) groups is 1. The zero-order valence-corrected chi connectivity index (χ0v) is 12.7. The lowest BCUT2D eigenvalue weighted by atomic mass is 10.2. The molecule has 0 saturated carbocycles. The number of hydrogen-bond acceptors (Lipinski definition) is 3. The van der Waals surface area contributed by atoms with Gasteiger partial charge in [-0.15, -0.1) is 0 Å². The summed E-state index contributed by atoms with van der Waals surface area (Å²) in [4.78, 5) is 11.1. The lowest BCUT2D eigenvalue weighted by molar-refractivity contribution is 0.112. The van der Waals surface area contributed by atoms with E-state index in [1.807, 2.05) is 4.57 Å². The largest absolute Gasteiger partial charge is 0.347 e. The van der Waals surface area contributed by atoms with E-state index >= 15 is 0 Å². The summed E-state index contributed by atoms with van der Waals surface area (Å²) in [5.74, 6) is 0.311. The summed E-state index contributed by atoms with van der Waals surface area (Å²) in [5.41, 5.74) is 1.45. The van der Waals surface area contributed by atoms with E-state index in [-0.39, 0.29) is 11.5 Å². The molecular weight excluding hydrogens is 298 g/mol. The molecule has 108 valence electrons. The second-order valence-corrected chi connectivity index (χ2v) is 7.56. The molecular formula is C14H16ClNO3S. The number of aromatic nitrogens is 1. The van der Waals surface area contributed by atoms with E-state index in [2.05, 4.69) is 0 Å². The number of rotatable bonds is 6. The minimum absolute atomic E-state index is 0.153. The summed E-state index contributed by atoms with van der Waals surface area (Å²) in [6.45, 7) is 2.19. The van der Waals surface area contributed by atoms with Crippen molar-refractivity contribution in [3.8, 4) is 0 Å². The van der Waals surface area contributed by atoms with Crippen LogP contribution in [0.15, 0.2) is 24.4 Å². The first-order valence-corrected chi connectivity index (χ1v) is 8.61. The zero-order chi connectivity index (χ0) is 14.8. The lowest BCUT2D eigenvalue weighted by Crippen LogP contribution is -2.11. The molecule has 0 amide bonds. The molecule has 0 spiro atoms. The Morgan fingerprint density at radius 2 is 2.10 bits per heavy atom. The molecule has 1 heterocycles. The van der Waals surface area contributed by atoms with Crippen LogP contribution in [0.4, 0.5) is 0 Å². The first kappa shape index (κ1) is 15.1. The fraction of sp³-hybridized carbons (Fsp3) is 0.357. The van der Waals surface area contributed by atoms with Crippen LogP contribution in [0.3, 0.4) is 0 Å². The molecule has 0 radical (unpaired) electrons. The van der Waals surface area contributed by atoms with Gasteiger partial charge in [-0.3, -0.25) is 4.79 Å². The summed E-state index contributed by atoms with van der Waals surface area (Å²) in [7, 11) is -2.96. The molecule has 0 saturated heterocycles. The number of sulfone groups is 1. The SMILES string of the molecule is CCS(=O)(=O)CCCn1cc(C=O)c2ccc(Cl)cc21. The van der Waals surface area contributed by atoms with Gasteiger partial charge in [0.25, 0.3) is 0 Å². The molecule has 0 unspecified atom stereocenters. The van der Waals surface area contributed by atoms with Gasteiger partial charge in [0.15, 0.2) is 6.29 Å². The van der Waals surface area contributed by atoms with Gasteiger partial charge in [0, 0.05) is 34.5 Å². The Labute approximate surface area is 123 Å². The van der Waals surface area contributed by atoms with Crippen LogP contribution in [0.1, 0.15) is 23.7 Å². The number of aryl methyl sites for hydroxylation is 1. The third-order valence-corrected chi connectivity index (χ3v) is 5.32. The van der Waals surface area contributed by atoms with Crippen molar-refractivity contribution in [1.82, 2.24) is 4.57 Å². The predicted octanol–water partition coefficient (Wildman–Crippen LogP) is 2.93. The smallest absolute Gasteiger partial charge is 0.152 e. The highest BCUT2D eigenvalue weighted by Crippen LogP contribution is 2.24. The quantitative estimate of drug-likeness (QED) is 0.770. The molecule has 0 aliphatic heterocycles. The monoisotopic (exact) mass is 313 g/mol. The third-order valence-electron chi connectivity index (χ3n) is 3.30. The minimum Gasteiger partial charge on any atom is -0.347 e. The maximum absolute atomic E-state index is 11.5. The molecule has 1 aromatic heterocycles. The van der Waals surface area contributed by atoms with Crippen LogP contribution in [0.25, 0.3) is 10.9 Å². The van der Waals surface area contributed by atoms with Crippen molar-refractivity contribution in [2.24, 2.45) is 0 Å². The summed E-state index contributed by atoms with van der Waals surface area (Å²) in [6, 6.07) is 5.33. The molecule has 0 atom stereocenters. The van der Waals surface area contributed by atoms with Gasteiger partial charge in [0.2, 0.25) is 0 Å². The average molecular weight is 314 g/mol. The highest BCUT2D eigenvalue weighted by Gasteiger charge is 2.10. The van der Waals surface area contributed by atoms with Gasteiger partial charge in [0.05, 0.1) is 11.3 Å². The Morgan fingerprint density at radius 1 is 1.35 bits per heavy atom. The fourth-order valence-corrected chi connectivity index (χ4v) is 3.20. The van der Waals surface area contributed by atoms with Gasteiger partial charge in [-0.25, -0.2) is 8.42 Å². The highest BCUT2D eigenvalue weighted by atomic mass is 35.5. The standard InChI is InChI=1S/C14H16ClNO3S/c1-2-20(18,19)7-3-6-16-9-11(10-17)13-5-4-12(15)8-14(13)16/h4-5,8-10H,2-3,6-7H2,1H3. The second kappa shape index (κ2) is 5.97. The molecule has 0 fully saturated rings. The Bertz CT molecular complexity index is 734. The van der Waals surface area contributed by atoms with E-state index in [9.17, 15) is 13.2 Å². The van der Waals surface area contributed by atoms with Gasteiger partial charge in [-0.05, 0) is 18.6 Å². The lowest BCUT2D eigenvalue weighted by Gasteiger charge is -2.05. The number of halogens is 1. The van der Waals surface area contributed by atoms with Crippen LogP contribution >= 0.6 is 11.6 Å². The van der Waals surface area contributed by atoms with E-state index in [0.717, 1.165) is 17.2 Å². The number of aldehydes is 1. The summed E-state index contributed by atoms with van der Waals surface area (Å²) >= 11 is 5.97. The zero-order valence-electron chi connectivity index (χ0n) is 11.2. The minimum atomic E-state index is -2.96. The van der Waals surface area contributed by atoms with Gasteiger partial charge < -0.3 is 4.57 Å². The number of benzene rings is 1. The van der Waals surface area contributed by atoms with E-state index in [0.29, 0.717) is 23.6 Å². The van der Waals surface area contributed by atoms with Crippen LogP contribution in [-0.2, 0) is 16.4 Å². The van der Waals surface area contributed by atoms with Gasteiger partial charge in [-0.2, -0.15) is 0 Å². The fourth-order valence-electron chi connectivity index (χ4n) is 2.17. The topological polar surface area (TPSA) is 56.1 Å². The maximum atomic E-state index is 11.5. The van der Waals surface area contributed by atoms with Crippen molar-refractivity contribution in [3.63, 3.8) is 0 Å². The van der Waals surface area contributed by atoms with Crippen molar-refractivity contribution in [2.45, 2.75) is 19.9 Å². The van der Waals surface area contributed by atoms with Crippen molar-refractivity contribution in [1.29, 1.82) is 0 Å². The molecule has 20 heavy (non-hydrogen) atoms. The van der Waals surface area contributed by atoms with Crippen molar-refractivity contribution in [2.75, 3.05) is 11.5 Å². The summed E-state index contributed by atoms with van der Waals surface area (Å²) < 4.78 is 24.8. The normalized spacial score (nSPS) is 11.9. The van der Waals surface area contributed by atoms with E-state index < -0.39 is 9.84 Å². The molecule has 2 rings (SSSR count). The number of fused-ring (bicyclic) bond motifs is 1. The molecule has 1 aromatic carbocycles. The number of nitrogens with zero attached hydrogens (tertiary/aromatic N) is 1. The van der Waals surface area contributed by atoms with Crippen LogP contribution in [0.2, 0.25) is 5.02 Å². The first-order chi connectivity index (χ1) is 9.46. The van der Waals surface area contributed by atoms with Crippen molar-refractivity contribution >= 4 is 38.6 Å². The predicted molar refractivity (Wildman–Crippen MR) is 81.3 cm³/mol. The summed E-state index contributed by atoms with van der Waals surface area (Å²) in [5, 5.41) is 1.43. The van der Waals surface area contributed by atoms with Gasteiger partial charge in [-0.1, -0.05) is 24.6 Å². The number of carbonyl (C=O) groups excluding carboxylic acids is 1. The molecule has 0 aliphatic rings. The van der Waals surface area contributed by atoms with Crippen molar-refractivity contribution in [3.05, 3.63) is 35.0 Å². The number of hydrogen-bond donors (Lipinski definition) is 0. The highest BCUT2D eigenvalue weighted by molar-refractivity contribution is 7.91. The molecule has 0 N–H and O–H groups in total. The molecule has 2 aromatic rings. The molecule has 4 nitrogen and oxygen atoms in total. The first-order valence-electron chi connectivity index (χ1n) is 6.41. The van der Waals surface area contributed by atoms with Crippen LogP contribution in [0, 0.1) is 0 Å². The molecule has 6 heteroatoms. The Balaban J connectivity index is 2.26. The Morgan fingerprint density at radius 3 is 2.75 bits per heavy atom. The van der Waals surface area contributed by atoms with Crippen LogP contribution in [0.5, 0.6) is 0 Å². The summed E-state index contributed by atoms with van der Waals surface area (Å²) in [6.07, 6.45) is 3.06. The van der Waals surface area contributed by atoms with Crippen LogP contribution < -0.4 is 0 Å². The van der Waals surface area contributed by atoms with Crippen molar-refractivity contribution < 1.29 is 13.2 Å². The molecule has 0 aliphatic carbocycles.